The van der Waals surface area contributed by atoms with Crippen molar-refractivity contribution in [2.75, 3.05) is 20.2 Å². The highest BCUT2D eigenvalue weighted by atomic mass is 19.4. The topological polar surface area (TPSA) is 86.1 Å². The zero-order valence-corrected chi connectivity index (χ0v) is 16.6. The normalized spacial score (nSPS) is 14.9. The molecule has 10 heteroatoms. The van der Waals surface area contributed by atoms with E-state index in [1.807, 2.05) is 0 Å². The fraction of sp³-hybridized carbons (Fsp3) is 0.381. The number of piperidine rings is 1. The number of methoxy groups -OCH3 is 1. The third-order valence-electron chi connectivity index (χ3n) is 5.07. The molecule has 0 saturated carbocycles. The lowest BCUT2D eigenvalue weighted by Crippen LogP contribution is -2.40. The average Bonchev–Trinajstić information content (AvgIpc) is 3.24. The molecule has 1 fully saturated rings. The van der Waals surface area contributed by atoms with E-state index < -0.39 is 29.6 Å². The number of amides is 1. The van der Waals surface area contributed by atoms with Gasteiger partial charge in [0.25, 0.3) is 5.91 Å². The Hall–Kier alpha value is -3.30. The van der Waals surface area contributed by atoms with Gasteiger partial charge in [-0.05, 0) is 43.2 Å². The van der Waals surface area contributed by atoms with Crippen LogP contribution in [0.2, 0.25) is 0 Å². The van der Waals surface area contributed by atoms with Gasteiger partial charge in [0.1, 0.15) is 12.2 Å². The van der Waals surface area contributed by atoms with Crippen molar-refractivity contribution in [3.8, 4) is 0 Å². The van der Waals surface area contributed by atoms with Crippen LogP contribution in [0.5, 0.6) is 0 Å². The molecule has 1 aliphatic heterocycles. The first kappa shape index (κ1) is 22.4. The summed E-state index contributed by atoms with van der Waals surface area (Å²) in [5.41, 5.74) is -0.494. The Morgan fingerprint density at radius 3 is 2.32 bits per heavy atom. The number of hydrogen-bond acceptors (Lipinski definition) is 6. The first-order valence-electron chi connectivity index (χ1n) is 9.48. The Morgan fingerprint density at radius 1 is 1.10 bits per heavy atom. The number of furan rings is 1. The van der Waals surface area contributed by atoms with Crippen LogP contribution in [-0.2, 0) is 27.1 Å². The molecule has 1 aromatic carbocycles. The largest absolute Gasteiger partial charge is 0.465 e. The van der Waals surface area contributed by atoms with E-state index in [4.69, 9.17) is 9.15 Å². The summed E-state index contributed by atoms with van der Waals surface area (Å²) < 4.78 is 53.0. The highest BCUT2D eigenvalue weighted by Gasteiger charge is 2.32. The molecule has 2 aromatic rings. The average molecular weight is 439 g/mol. The van der Waals surface area contributed by atoms with Crippen LogP contribution in [0.3, 0.4) is 0 Å². The van der Waals surface area contributed by atoms with E-state index in [0.717, 1.165) is 24.3 Å². The minimum absolute atomic E-state index is 0.155. The second kappa shape index (κ2) is 9.23. The number of hydrogen-bond donors (Lipinski definition) is 0. The number of likely N-dealkylation sites (tertiary alicyclic amines) is 1. The van der Waals surface area contributed by atoms with Crippen LogP contribution >= 0.6 is 0 Å². The van der Waals surface area contributed by atoms with Gasteiger partial charge in [0.15, 0.2) is 5.76 Å². The zero-order valence-electron chi connectivity index (χ0n) is 16.6. The van der Waals surface area contributed by atoms with Crippen molar-refractivity contribution in [2.45, 2.75) is 25.6 Å². The quantitative estimate of drug-likeness (QED) is 0.661. The summed E-state index contributed by atoms with van der Waals surface area (Å²) in [4.78, 5) is 38.0. The van der Waals surface area contributed by atoms with Crippen LogP contribution in [-0.4, -0.2) is 42.9 Å². The Kier molecular flexibility index (Phi) is 6.67. The molecule has 0 radical (unpaired) electrons. The molecule has 1 saturated heterocycles. The predicted molar refractivity (Wildman–Crippen MR) is 99.9 cm³/mol. The van der Waals surface area contributed by atoms with Crippen molar-refractivity contribution < 1.29 is 41.4 Å². The molecule has 1 amide bonds. The number of benzene rings is 1. The fourth-order valence-corrected chi connectivity index (χ4v) is 3.30. The minimum Gasteiger partial charge on any atom is -0.465 e. The van der Waals surface area contributed by atoms with Crippen LogP contribution in [0, 0.1) is 5.92 Å². The second-order valence-corrected chi connectivity index (χ2v) is 7.00. The third-order valence-corrected chi connectivity index (χ3v) is 5.07. The molecular weight excluding hydrogens is 419 g/mol. The van der Waals surface area contributed by atoms with Crippen molar-refractivity contribution >= 4 is 17.8 Å². The van der Waals surface area contributed by atoms with Gasteiger partial charge in [-0.3, -0.25) is 9.59 Å². The van der Waals surface area contributed by atoms with Gasteiger partial charge in [0.2, 0.25) is 0 Å². The SMILES string of the molecule is COC(=O)c1ccoc1COC(=O)C1CCN(C(=O)c2ccc(C(F)(F)F)cc2)CC1. The summed E-state index contributed by atoms with van der Waals surface area (Å²) in [6.45, 7) is 0.322. The molecular formula is C21H20F3NO6. The summed E-state index contributed by atoms with van der Waals surface area (Å²) in [7, 11) is 1.23. The minimum atomic E-state index is -4.46. The fourth-order valence-electron chi connectivity index (χ4n) is 3.30. The van der Waals surface area contributed by atoms with Crippen molar-refractivity contribution in [1.29, 1.82) is 0 Å². The van der Waals surface area contributed by atoms with Crippen molar-refractivity contribution in [3.63, 3.8) is 0 Å². The maximum absolute atomic E-state index is 12.7. The smallest absolute Gasteiger partial charge is 0.416 e. The number of nitrogens with zero attached hydrogens (tertiary/aromatic N) is 1. The number of carbonyl (C=O) groups excluding carboxylic acids is 3. The number of carbonyl (C=O) groups is 3. The lowest BCUT2D eigenvalue weighted by molar-refractivity contribution is -0.152. The predicted octanol–water partition coefficient (Wildman–Crippen LogP) is 3.68. The molecule has 3 rings (SSSR count). The molecule has 0 bridgehead atoms. The van der Waals surface area contributed by atoms with Gasteiger partial charge in [0, 0.05) is 18.7 Å². The van der Waals surface area contributed by atoms with E-state index in [2.05, 4.69) is 4.74 Å². The maximum Gasteiger partial charge on any atom is 0.416 e. The van der Waals surface area contributed by atoms with E-state index in [1.165, 1.54) is 24.3 Å². The maximum atomic E-state index is 12.7. The van der Waals surface area contributed by atoms with Crippen molar-refractivity contribution in [1.82, 2.24) is 4.90 Å². The van der Waals surface area contributed by atoms with Gasteiger partial charge in [-0.15, -0.1) is 0 Å². The lowest BCUT2D eigenvalue weighted by Gasteiger charge is -2.31. The molecule has 0 spiro atoms. The van der Waals surface area contributed by atoms with Gasteiger partial charge in [-0.2, -0.15) is 13.2 Å². The molecule has 2 heterocycles. The van der Waals surface area contributed by atoms with E-state index in [9.17, 15) is 27.6 Å². The number of rotatable bonds is 5. The molecule has 166 valence electrons. The summed E-state index contributed by atoms with van der Waals surface area (Å²) in [5.74, 6) is -1.73. The molecule has 1 aliphatic rings. The van der Waals surface area contributed by atoms with Crippen LogP contribution in [0.25, 0.3) is 0 Å². The van der Waals surface area contributed by atoms with Gasteiger partial charge in [-0.25, -0.2) is 4.79 Å². The molecule has 1 aromatic heterocycles. The van der Waals surface area contributed by atoms with Crippen LogP contribution in [0.4, 0.5) is 13.2 Å². The number of ether oxygens (including phenoxy) is 2. The van der Waals surface area contributed by atoms with E-state index >= 15 is 0 Å². The van der Waals surface area contributed by atoms with Crippen molar-refractivity contribution in [3.05, 3.63) is 59.0 Å². The van der Waals surface area contributed by atoms with Crippen LogP contribution in [0.1, 0.15) is 44.9 Å². The van der Waals surface area contributed by atoms with Gasteiger partial charge < -0.3 is 18.8 Å². The molecule has 0 N–H and O–H groups in total. The van der Waals surface area contributed by atoms with Gasteiger partial charge in [-0.1, -0.05) is 0 Å². The summed E-state index contributed by atoms with van der Waals surface area (Å²) in [6, 6.07) is 5.45. The van der Waals surface area contributed by atoms with E-state index in [1.54, 1.807) is 0 Å². The highest BCUT2D eigenvalue weighted by Crippen LogP contribution is 2.29. The lowest BCUT2D eigenvalue weighted by atomic mass is 9.96. The van der Waals surface area contributed by atoms with E-state index in [-0.39, 0.29) is 42.5 Å². The molecule has 7 nitrogen and oxygen atoms in total. The van der Waals surface area contributed by atoms with Crippen LogP contribution in [0.15, 0.2) is 41.0 Å². The standard InChI is InChI=1S/C21H20F3NO6/c1-29-20(28)16-8-11-30-17(16)12-31-19(27)14-6-9-25(10-7-14)18(26)13-2-4-15(5-3-13)21(22,23)24/h2-5,8,11,14H,6-7,9-10,12H2,1H3. The summed E-state index contributed by atoms with van der Waals surface area (Å²) in [5, 5.41) is 0. The third kappa shape index (κ3) is 5.25. The second-order valence-electron chi connectivity index (χ2n) is 7.00. The Bertz CT molecular complexity index is 943. The number of alkyl halides is 3. The van der Waals surface area contributed by atoms with Gasteiger partial charge >= 0.3 is 18.1 Å². The number of halogens is 3. The monoisotopic (exact) mass is 439 g/mol. The highest BCUT2D eigenvalue weighted by molar-refractivity contribution is 5.94. The Balaban J connectivity index is 1.51. The Labute approximate surface area is 175 Å². The van der Waals surface area contributed by atoms with Gasteiger partial charge in [0.05, 0.1) is 24.9 Å². The summed E-state index contributed by atoms with van der Waals surface area (Å²) in [6.07, 6.45) is -2.46. The van der Waals surface area contributed by atoms with E-state index in [0.29, 0.717) is 12.8 Å². The molecule has 0 atom stereocenters. The Morgan fingerprint density at radius 2 is 1.74 bits per heavy atom. The summed E-state index contributed by atoms with van der Waals surface area (Å²) >= 11 is 0. The molecule has 0 aliphatic carbocycles. The van der Waals surface area contributed by atoms with Crippen molar-refractivity contribution in [2.24, 2.45) is 5.92 Å². The molecule has 0 unspecified atom stereocenters. The number of esters is 2. The first-order valence-corrected chi connectivity index (χ1v) is 9.48. The zero-order chi connectivity index (χ0) is 22.6. The van der Waals surface area contributed by atoms with Crippen LogP contribution < -0.4 is 0 Å². The molecule has 31 heavy (non-hydrogen) atoms. The first-order chi connectivity index (χ1) is 14.7.